The molecule has 1 aromatic carbocycles. The first-order valence-electron chi connectivity index (χ1n) is 5.82. The van der Waals surface area contributed by atoms with Crippen molar-refractivity contribution in [1.29, 1.82) is 0 Å². The summed E-state index contributed by atoms with van der Waals surface area (Å²) in [4.78, 5) is 24.3. The van der Waals surface area contributed by atoms with Gasteiger partial charge in [-0.3, -0.25) is 4.79 Å². The van der Waals surface area contributed by atoms with E-state index in [9.17, 15) is 14.7 Å². The molecule has 2 rings (SSSR count). The molecule has 1 saturated heterocycles. The number of hydrogen-bond acceptors (Lipinski definition) is 3. The maximum absolute atomic E-state index is 12.0. The molecule has 1 amide bonds. The van der Waals surface area contributed by atoms with E-state index in [4.69, 9.17) is 5.11 Å². The van der Waals surface area contributed by atoms with Crippen molar-refractivity contribution in [2.24, 2.45) is 0 Å². The van der Waals surface area contributed by atoms with Crippen LogP contribution in [0, 0.1) is 0 Å². The molecule has 0 bridgehead atoms. The third-order valence-corrected chi connectivity index (χ3v) is 3.08. The van der Waals surface area contributed by atoms with Crippen molar-refractivity contribution in [2.75, 3.05) is 6.54 Å². The summed E-state index contributed by atoms with van der Waals surface area (Å²) in [6.07, 6.45) is -0.474. The molecule has 0 saturated carbocycles. The summed E-state index contributed by atoms with van der Waals surface area (Å²) in [7, 11) is 0. The van der Waals surface area contributed by atoms with Crippen molar-refractivity contribution in [3.8, 4) is 0 Å². The van der Waals surface area contributed by atoms with Gasteiger partial charge in [0.2, 0.25) is 5.91 Å². The lowest BCUT2D eigenvalue weighted by Crippen LogP contribution is -2.41. The Morgan fingerprint density at radius 3 is 2.56 bits per heavy atom. The second kappa shape index (κ2) is 5.18. The first-order valence-corrected chi connectivity index (χ1v) is 5.82. The van der Waals surface area contributed by atoms with Gasteiger partial charge in [-0.15, -0.1) is 0 Å². The summed E-state index contributed by atoms with van der Waals surface area (Å²) in [5, 5.41) is 18.5. The zero-order chi connectivity index (χ0) is 13.1. The van der Waals surface area contributed by atoms with Gasteiger partial charge in [-0.05, 0) is 5.56 Å². The average molecular weight is 249 g/mol. The molecule has 1 heterocycles. The Morgan fingerprint density at radius 2 is 1.94 bits per heavy atom. The maximum atomic E-state index is 12.0. The highest BCUT2D eigenvalue weighted by Gasteiger charge is 2.38. The number of aliphatic hydroxyl groups is 1. The van der Waals surface area contributed by atoms with Crippen molar-refractivity contribution >= 4 is 11.9 Å². The molecule has 0 spiro atoms. The number of carboxylic acids is 1. The minimum absolute atomic E-state index is 0.0998. The number of carbonyl (C=O) groups is 2. The van der Waals surface area contributed by atoms with Gasteiger partial charge in [-0.2, -0.15) is 0 Å². The van der Waals surface area contributed by atoms with Gasteiger partial charge in [0.05, 0.1) is 12.5 Å². The van der Waals surface area contributed by atoms with Gasteiger partial charge in [0.1, 0.15) is 6.04 Å². The Balaban J connectivity index is 2.06. The molecule has 96 valence electrons. The summed E-state index contributed by atoms with van der Waals surface area (Å²) < 4.78 is 0. The maximum Gasteiger partial charge on any atom is 0.326 e. The zero-order valence-electron chi connectivity index (χ0n) is 9.82. The van der Waals surface area contributed by atoms with Crippen molar-refractivity contribution in [1.82, 2.24) is 4.90 Å². The second-order valence-electron chi connectivity index (χ2n) is 4.45. The number of benzene rings is 1. The highest BCUT2D eigenvalue weighted by molar-refractivity contribution is 5.85. The van der Waals surface area contributed by atoms with E-state index in [1.165, 1.54) is 4.90 Å². The fourth-order valence-corrected chi connectivity index (χ4v) is 2.20. The highest BCUT2D eigenvalue weighted by atomic mass is 16.4. The standard InChI is InChI=1S/C13H15NO4/c15-10-7-11(13(17)18)14(8-10)12(16)6-9-4-2-1-3-5-9/h1-5,10-11,15H,6-8H2,(H,17,18)/t10-,11-/m1/s1. The minimum Gasteiger partial charge on any atom is -0.480 e. The largest absolute Gasteiger partial charge is 0.480 e. The van der Waals surface area contributed by atoms with E-state index in [0.29, 0.717) is 0 Å². The Morgan fingerprint density at radius 1 is 1.28 bits per heavy atom. The zero-order valence-corrected chi connectivity index (χ0v) is 9.82. The normalized spacial score (nSPS) is 23.1. The predicted molar refractivity (Wildman–Crippen MR) is 63.9 cm³/mol. The van der Waals surface area contributed by atoms with E-state index in [1.807, 2.05) is 30.3 Å². The number of nitrogens with zero attached hydrogens (tertiary/aromatic N) is 1. The van der Waals surface area contributed by atoms with Crippen LogP contribution in [0.3, 0.4) is 0 Å². The number of hydrogen-bond donors (Lipinski definition) is 2. The molecule has 1 aromatic rings. The lowest BCUT2D eigenvalue weighted by atomic mass is 10.1. The quantitative estimate of drug-likeness (QED) is 0.806. The van der Waals surface area contributed by atoms with Crippen LogP contribution in [0.5, 0.6) is 0 Å². The van der Waals surface area contributed by atoms with E-state index < -0.39 is 18.1 Å². The smallest absolute Gasteiger partial charge is 0.326 e. The van der Waals surface area contributed by atoms with Crippen LogP contribution in [0.25, 0.3) is 0 Å². The second-order valence-corrected chi connectivity index (χ2v) is 4.45. The monoisotopic (exact) mass is 249 g/mol. The molecule has 1 aliphatic heterocycles. The predicted octanol–water partition coefficient (Wildman–Crippen LogP) is 0.275. The summed E-state index contributed by atoms with van der Waals surface area (Å²) in [5.41, 5.74) is 0.841. The van der Waals surface area contributed by atoms with Gasteiger partial charge in [-0.1, -0.05) is 30.3 Å². The lowest BCUT2D eigenvalue weighted by molar-refractivity contribution is -0.148. The number of carbonyl (C=O) groups excluding carboxylic acids is 1. The Kier molecular flexibility index (Phi) is 3.62. The molecule has 0 aromatic heterocycles. The summed E-state index contributed by atoms with van der Waals surface area (Å²) in [6.45, 7) is 0.0998. The molecule has 0 radical (unpaired) electrons. The number of aliphatic hydroxyl groups excluding tert-OH is 1. The van der Waals surface area contributed by atoms with Gasteiger partial charge in [0.25, 0.3) is 0 Å². The van der Waals surface area contributed by atoms with E-state index in [1.54, 1.807) is 0 Å². The third-order valence-electron chi connectivity index (χ3n) is 3.08. The van der Waals surface area contributed by atoms with Crippen molar-refractivity contribution in [2.45, 2.75) is 25.0 Å². The third kappa shape index (κ3) is 2.68. The first-order chi connectivity index (χ1) is 8.58. The van der Waals surface area contributed by atoms with E-state index in [0.717, 1.165) is 5.56 Å². The van der Waals surface area contributed by atoms with Gasteiger partial charge in [0.15, 0.2) is 0 Å². The number of likely N-dealkylation sites (tertiary alicyclic amines) is 1. The number of aliphatic carboxylic acids is 1. The number of amides is 1. The van der Waals surface area contributed by atoms with E-state index >= 15 is 0 Å². The van der Waals surface area contributed by atoms with Crippen molar-refractivity contribution < 1.29 is 19.8 Å². The fourth-order valence-electron chi connectivity index (χ4n) is 2.20. The molecule has 5 heteroatoms. The molecular formula is C13H15NO4. The molecule has 0 unspecified atom stereocenters. The average Bonchev–Trinajstić information content (AvgIpc) is 2.73. The molecule has 1 fully saturated rings. The summed E-state index contributed by atoms with van der Waals surface area (Å²) in [5.74, 6) is -1.32. The molecule has 2 atom stereocenters. The molecular weight excluding hydrogens is 234 g/mol. The van der Waals surface area contributed by atoms with Gasteiger partial charge >= 0.3 is 5.97 Å². The number of β-amino-alcohol motifs (C(OH)–C–C–N with tert-alkyl or cyclic N) is 1. The van der Waals surface area contributed by atoms with Crippen LogP contribution in [-0.2, 0) is 16.0 Å². The van der Waals surface area contributed by atoms with Crippen LogP contribution in [0.15, 0.2) is 30.3 Å². The van der Waals surface area contributed by atoms with Gasteiger partial charge in [0, 0.05) is 13.0 Å². The SMILES string of the molecule is O=C(O)[C@H]1C[C@@H](O)CN1C(=O)Cc1ccccc1. The van der Waals surface area contributed by atoms with E-state index in [-0.39, 0.29) is 25.3 Å². The Hall–Kier alpha value is -1.88. The molecule has 18 heavy (non-hydrogen) atoms. The van der Waals surface area contributed by atoms with Crippen LogP contribution in [0.4, 0.5) is 0 Å². The van der Waals surface area contributed by atoms with Crippen molar-refractivity contribution in [3.63, 3.8) is 0 Å². The Bertz CT molecular complexity index is 446. The topological polar surface area (TPSA) is 77.8 Å². The number of carboxylic acid groups (broad SMARTS) is 1. The van der Waals surface area contributed by atoms with Crippen LogP contribution in [-0.4, -0.2) is 45.7 Å². The minimum atomic E-state index is -1.06. The first kappa shape index (κ1) is 12.6. The molecule has 0 aliphatic carbocycles. The number of rotatable bonds is 3. The Labute approximate surface area is 105 Å². The van der Waals surface area contributed by atoms with Gasteiger partial charge < -0.3 is 15.1 Å². The molecule has 2 N–H and O–H groups in total. The van der Waals surface area contributed by atoms with Crippen LogP contribution in [0.1, 0.15) is 12.0 Å². The van der Waals surface area contributed by atoms with Crippen molar-refractivity contribution in [3.05, 3.63) is 35.9 Å². The fraction of sp³-hybridized carbons (Fsp3) is 0.385. The summed E-state index contributed by atoms with van der Waals surface area (Å²) in [6, 6.07) is 8.25. The van der Waals surface area contributed by atoms with Crippen LogP contribution >= 0.6 is 0 Å². The molecule has 5 nitrogen and oxygen atoms in total. The highest BCUT2D eigenvalue weighted by Crippen LogP contribution is 2.19. The summed E-state index contributed by atoms with van der Waals surface area (Å²) >= 11 is 0. The van der Waals surface area contributed by atoms with E-state index in [2.05, 4.69) is 0 Å². The molecule has 1 aliphatic rings. The van der Waals surface area contributed by atoms with Gasteiger partial charge in [-0.25, -0.2) is 4.79 Å². The lowest BCUT2D eigenvalue weighted by Gasteiger charge is -2.21. The van der Waals surface area contributed by atoms with Crippen LogP contribution < -0.4 is 0 Å². The van der Waals surface area contributed by atoms with Crippen LogP contribution in [0.2, 0.25) is 0 Å².